The number of benzene rings is 12. The van der Waals surface area contributed by atoms with Gasteiger partial charge in [0.15, 0.2) is 0 Å². The number of carboxylic acid groups (broad SMARTS) is 4. The summed E-state index contributed by atoms with van der Waals surface area (Å²) in [5.74, 6) is -2.80. The van der Waals surface area contributed by atoms with E-state index in [1.165, 1.54) is 0 Å². The minimum Gasteiger partial charge on any atom is -0.550 e. The third-order valence-electron chi connectivity index (χ3n) is 21.2. The second-order valence-electron chi connectivity index (χ2n) is 32.9. The van der Waals surface area contributed by atoms with Gasteiger partial charge in [0.1, 0.15) is 67.7 Å². The van der Waals surface area contributed by atoms with Crippen LogP contribution in [0.5, 0.6) is 23.0 Å². The summed E-state index contributed by atoms with van der Waals surface area (Å²) in [6, 6.07) is 71.6. The molecule has 36 heteroatoms. The number of hydrogen-bond donors (Lipinski definition) is 16. The van der Waals surface area contributed by atoms with Crippen molar-refractivity contribution in [2.24, 2.45) is 5.73 Å². The number of aliphatic hydroxyl groups excluding tert-OH is 8. The van der Waals surface area contributed by atoms with Crippen LogP contribution in [-0.4, -0.2) is 169 Å². The Kier molecular flexibility index (Phi) is 53.1. The van der Waals surface area contributed by atoms with E-state index in [9.17, 15) is 53.7 Å². The van der Waals surface area contributed by atoms with Crippen LogP contribution in [-0.2, 0) is 71.3 Å². The maximum Gasteiger partial charge on any atom is 1.00 e. The molecule has 12 rings (SSSR count). The maximum atomic E-state index is 12.8. The second kappa shape index (κ2) is 62.0. The molecule has 0 saturated carbocycles. The van der Waals surface area contributed by atoms with Crippen LogP contribution >= 0.6 is 46.4 Å². The number of carbonyl (C=O) groups is 8. The summed E-state index contributed by atoms with van der Waals surface area (Å²) in [5, 5.41) is 126. The summed E-state index contributed by atoms with van der Waals surface area (Å²) in [5.41, 5.74) is 21.2. The number of ether oxygens (including phenoxy) is 4. The van der Waals surface area contributed by atoms with Crippen LogP contribution in [0.15, 0.2) is 243 Å². The van der Waals surface area contributed by atoms with Crippen LogP contribution in [0.3, 0.4) is 0 Å². The average Bonchev–Trinajstić information content (AvgIpc) is 0.834. The number of carboxylic acids is 4. The minimum absolute atomic E-state index is 0. The molecule has 0 saturated heterocycles. The molecule has 0 bridgehead atoms. The third kappa shape index (κ3) is 42.3. The van der Waals surface area contributed by atoms with E-state index in [-0.39, 0.29) is 137 Å². The van der Waals surface area contributed by atoms with Gasteiger partial charge >= 0.3 is 92.9 Å². The molecule has 0 aliphatic rings. The van der Waals surface area contributed by atoms with Crippen molar-refractivity contribution in [2.45, 2.75) is 137 Å². The number of hydrogen-bond acceptors (Lipinski definition) is 24. The molecule has 0 fully saturated rings. The number of aliphatic hydroxyl groups is 8. The van der Waals surface area contributed by atoms with Gasteiger partial charge in [-0.25, -0.2) is 0 Å². The number of amides is 4. The molecule has 0 aliphatic heterocycles. The quantitative estimate of drug-likeness (QED) is 0.0170. The van der Waals surface area contributed by atoms with Gasteiger partial charge in [0.05, 0.1) is 50.9 Å². The Balaban J connectivity index is 0.000000313. The number of aliphatic carboxylic acids is 4. The van der Waals surface area contributed by atoms with Crippen LogP contribution in [0.25, 0.3) is 0 Å². The molecule has 143 heavy (non-hydrogen) atoms. The van der Waals surface area contributed by atoms with Crippen molar-refractivity contribution in [2.75, 3.05) is 61.3 Å². The van der Waals surface area contributed by atoms with Crippen molar-refractivity contribution in [3.8, 4) is 23.0 Å². The SMILES string of the molecule is CNC[C@H](O)[C@@H](O)[C@H](O)[C@H](O)CO.Cc1cc(CC(=O)O)ccc1NC(=O)c1cc(OCc2cccc(Cl)c2)ccc1C.Cc1cc(CC(=O)O)ccc1NC(=O)c1cc(OCc2cccc(Cl)c2)ccc1C.Cc1cc(CC(=O)[O-])ccc1NC(=O)c1cc(OCc2cccc(Cl)c2)ccc1C.Cc1cc(CC(=O)[O-])ccc1NC(=O)c1cc(OCc2cccc(Cl)c2)ccc1C.NC(CO)(CO)CO.[K+].[Na+]. The van der Waals surface area contributed by atoms with Crippen LogP contribution in [0, 0.1) is 55.4 Å². The first-order valence-electron chi connectivity index (χ1n) is 44.0. The van der Waals surface area contributed by atoms with Gasteiger partial charge in [-0.2, -0.15) is 0 Å². The molecule has 12 aromatic rings. The average molecular weight is 2070 g/mol. The Hall–Kier alpha value is -11.0. The first-order valence-corrected chi connectivity index (χ1v) is 45.5. The molecule has 4 atom stereocenters. The molecule has 0 aliphatic carbocycles. The number of likely N-dealkylation sites (N-methyl/N-ethyl adjacent to an activating group) is 1. The molecule has 17 N–H and O–H groups in total. The largest absolute Gasteiger partial charge is 1.00 e. The fraction of sp³-hybridized carbons (Fsp3) is 0.252. The van der Waals surface area contributed by atoms with Crippen LogP contribution in [0.2, 0.25) is 20.1 Å². The molecule has 4 amide bonds. The van der Waals surface area contributed by atoms with E-state index in [2.05, 4.69) is 26.6 Å². The van der Waals surface area contributed by atoms with Gasteiger partial charge in [-0.3, -0.25) is 28.8 Å². The standard InChI is InChI=1S/4C24H22ClNO4.C7H17NO5.C4H11NO3.K.Na/c4*1-15-6-8-20(30-14-18-4-3-5-19(25)11-18)13-21(15)24(29)26-22-9-7-17(10-16(22)2)12-23(27)28;1-8-2-4(10)6(12)7(13)5(11)3-9;5-4(1-6,2-7)3-8;;/h4*3-11,13H,12,14H2,1-2H3,(H,26,29)(H,27,28);4-13H,2-3H2,1H3;6-8H,1-3,5H2;;/q;;;;;;2*+1/p-2/t;;;;4-,5+,6+,7+;;;/m....0.../s1. The summed E-state index contributed by atoms with van der Waals surface area (Å²) in [4.78, 5) is 94.6. The summed E-state index contributed by atoms with van der Waals surface area (Å²) in [6.45, 7) is 14.3. The number of carbonyl (C=O) groups excluding carboxylic acids is 6. The first-order chi connectivity index (χ1) is 67.0. The number of nitrogens with one attached hydrogen (secondary N) is 5. The third-order valence-corrected chi connectivity index (χ3v) is 22.2. The second-order valence-corrected chi connectivity index (χ2v) is 34.7. The zero-order chi connectivity index (χ0) is 104. The minimum atomic E-state index is -1.55. The molecule has 0 spiro atoms. The molecule has 0 aromatic heterocycles. The van der Waals surface area contributed by atoms with E-state index in [1.54, 1.807) is 128 Å². The molecular formula is C107H114Cl4KN6NaO24. The van der Waals surface area contributed by atoms with Crippen molar-refractivity contribution in [1.29, 1.82) is 0 Å². The number of anilines is 4. The van der Waals surface area contributed by atoms with Crippen molar-refractivity contribution in [1.82, 2.24) is 5.32 Å². The fourth-order valence-corrected chi connectivity index (χ4v) is 14.2. The zero-order valence-electron chi connectivity index (χ0n) is 80.9. The Labute approximate surface area is 914 Å². The predicted molar refractivity (Wildman–Crippen MR) is 538 cm³/mol. The number of aryl methyl sites for hydroxylation is 8. The number of halogens is 4. The van der Waals surface area contributed by atoms with Crippen LogP contribution in [0.1, 0.15) is 130 Å². The van der Waals surface area contributed by atoms with Gasteiger partial charge in [0.25, 0.3) is 23.6 Å². The van der Waals surface area contributed by atoms with E-state index in [4.69, 9.17) is 117 Å². The molecule has 12 aromatic carbocycles. The zero-order valence-corrected chi connectivity index (χ0v) is 89.0. The number of nitrogens with two attached hydrogens (primary N) is 1. The maximum absolute atomic E-state index is 12.8. The van der Waals surface area contributed by atoms with E-state index < -0.39 is 80.3 Å². The van der Waals surface area contributed by atoms with Crippen LogP contribution in [0.4, 0.5) is 22.7 Å². The normalized spacial score (nSPS) is 11.4. The van der Waals surface area contributed by atoms with Gasteiger partial charge in [0, 0.05) is 96.4 Å². The van der Waals surface area contributed by atoms with Crippen molar-refractivity contribution < 1.29 is 200 Å². The Morgan fingerprint density at radius 3 is 0.769 bits per heavy atom. The van der Waals surface area contributed by atoms with E-state index >= 15 is 0 Å². The molecule has 0 unspecified atom stereocenters. The van der Waals surface area contributed by atoms with Gasteiger partial charge < -0.3 is 122 Å². The van der Waals surface area contributed by atoms with Gasteiger partial charge in [-0.1, -0.05) is 168 Å². The summed E-state index contributed by atoms with van der Waals surface area (Å²) >= 11 is 24.0. The molecular weight excluding hydrogens is 1960 g/mol. The molecule has 0 radical (unpaired) electrons. The van der Waals surface area contributed by atoms with E-state index in [0.717, 1.165) is 66.8 Å². The summed E-state index contributed by atoms with van der Waals surface area (Å²) < 4.78 is 23.3. The smallest absolute Gasteiger partial charge is 0.550 e. The van der Waals surface area contributed by atoms with E-state index in [0.29, 0.717) is 137 Å². The van der Waals surface area contributed by atoms with Gasteiger partial charge in [-0.05, 0) is 273 Å². The summed E-state index contributed by atoms with van der Waals surface area (Å²) in [7, 11) is 1.57. The van der Waals surface area contributed by atoms with Crippen molar-refractivity contribution >= 4 is 117 Å². The molecule has 746 valence electrons. The first kappa shape index (κ1) is 122. The van der Waals surface area contributed by atoms with Gasteiger partial charge in [-0.15, -0.1) is 0 Å². The predicted octanol–water partition coefficient (Wildman–Crippen LogP) is 7.30. The Morgan fingerprint density at radius 1 is 0.336 bits per heavy atom. The molecule has 0 heterocycles. The topological polar surface area (TPSA) is 508 Å². The molecule has 30 nitrogen and oxygen atoms in total. The Bertz CT molecular complexity index is 5590. The van der Waals surface area contributed by atoms with Crippen molar-refractivity contribution in [3.63, 3.8) is 0 Å². The summed E-state index contributed by atoms with van der Waals surface area (Å²) in [6.07, 6.45) is -6.09. The van der Waals surface area contributed by atoms with Crippen molar-refractivity contribution in [3.05, 3.63) is 374 Å². The van der Waals surface area contributed by atoms with Crippen LogP contribution < -0.4 is 142 Å². The monoisotopic (exact) mass is 2070 g/mol. The van der Waals surface area contributed by atoms with E-state index in [1.807, 2.05) is 177 Å². The van der Waals surface area contributed by atoms with Gasteiger partial charge in [0.2, 0.25) is 0 Å². The Morgan fingerprint density at radius 2 is 0.573 bits per heavy atom. The number of rotatable bonds is 37. The fourth-order valence-electron chi connectivity index (χ4n) is 13.3.